The molecule has 76 valence electrons. The zero-order valence-electron chi connectivity index (χ0n) is 7.33. The third-order valence-electron chi connectivity index (χ3n) is 1.62. The van der Waals surface area contributed by atoms with Crippen molar-refractivity contribution in [3.63, 3.8) is 0 Å². The van der Waals surface area contributed by atoms with E-state index in [0.29, 0.717) is 6.42 Å². The van der Waals surface area contributed by atoms with Gasteiger partial charge in [0.05, 0.1) is 4.91 Å². The van der Waals surface area contributed by atoms with E-state index in [1.54, 1.807) is 12.2 Å². The molecular weight excluding hydrogens is 276 g/mol. The molecule has 0 spiro atoms. The highest BCUT2D eigenvalue weighted by Crippen LogP contribution is 2.15. The second-order valence-electron chi connectivity index (χ2n) is 2.64. The van der Waals surface area contributed by atoms with Gasteiger partial charge in [-0.05, 0) is 19.3 Å². The van der Waals surface area contributed by atoms with Crippen LogP contribution in [0, 0.1) is 5.92 Å². The van der Waals surface area contributed by atoms with E-state index in [9.17, 15) is 8.42 Å². The van der Waals surface area contributed by atoms with Crippen molar-refractivity contribution < 1.29 is 8.42 Å². The standard InChI is InChI=1S/C8H12BrClO2S/c1-3-8(6-9)5-4-7(2)13(10,11)12/h3-4,8H,1,5-6H2,2H3/b7-4+. The Morgan fingerprint density at radius 3 is 2.54 bits per heavy atom. The van der Waals surface area contributed by atoms with Crippen molar-refractivity contribution in [3.05, 3.63) is 23.6 Å². The minimum absolute atomic E-state index is 0.196. The van der Waals surface area contributed by atoms with Crippen molar-refractivity contribution in [2.24, 2.45) is 5.92 Å². The van der Waals surface area contributed by atoms with Crippen LogP contribution in [0.3, 0.4) is 0 Å². The van der Waals surface area contributed by atoms with E-state index in [-0.39, 0.29) is 10.8 Å². The number of hydrogen-bond acceptors (Lipinski definition) is 2. The molecule has 2 nitrogen and oxygen atoms in total. The van der Waals surface area contributed by atoms with Crippen LogP contribution in [0.2, 0.25) is 0 Å². The second-order valence-corrected chi connectivity index (χ2v) is 6.02. The molecule has 0 radical (unpaired) electrons. The van der Waals surface area contributed by atoms with E-state index >= 15 is 0 Å². The first-order chi connectivity index (χ1) is 5.91. The van der Waals surface area contributed by atoms with Gasteiger partial charge in [-0.3, -0.25) is 0 Å². The van der Waals surface area contributed by atoms with Crippen molar-refractivity contribution in [1.29, 1.82) is 0 Å². The second kappa shape index (κ2) is 5.83. The molecule has 0 saturated heterocycles. The number of hydrogen-bond donors (Lipinski definition) is 0. The van der Waals surface area contributed by atoms with Gasteiger partial charge in [0.15, 0.2) is 0 Å². The smallest absolute Gasteiger partial charge is 0.207 e. The average molecular weight is 288 g/mol. The quantitative estimate of drug-likeness (QED) is 0.442. The molecule has 1 atom stereocenters. The SMILES string of the molecule is C=CC(CBr)C/C=C(\C)S(=O)(=O)Cl. The number of alkyl halides is 1. The molecule has 0 saturated carbocycles. The van der Waals surface area contributed by atoms with Crippen LogP contribution < -0.4 is 0 Å². The predicted octanol–water partition coefficient (Wildman–Crippen LogP) is 3.05. The van der Waals surface area contributed by atoms with Crippen molar-refractivity contribution >= 4 is 35.7 Å². The number of allylic oxidation sites excluding steroid dienone is 3. The Morgan fingerprint density at radius 2 is 2.23 bits per heavy atom. The maximum absolute atomic E-state index is 10.8. The molecule has 1 unspecified atom stereocenters. The Balaban J connectivity index is 4.35. The maximum Gasteiger partial charge on any atom is 0.256 e. The van der Waals surface area contributed by atoms with Crippen LogP contribution >= 0.6 is 26.6 Å². The average Bonchev–Trinajstić information content (AvgIpc) is 2.04. The molecule has 0 aromatic rings. The van der Waals surface area contributed by atoms with Crippen molar-refractivity contribution in [3.8, 4) is 0 Å². The maximum atomic E-state index is 10.8. The highest BCUT2D eigenvalue weighted by molar-refractivity contribution is 9.09. The van der Waals surface area contributed by atoms with Gasteiger partial charge >= 0.3 is 0 Å². The van der Waals surface area contributed by atoms with Crippen LogP contribution in [0.4, 0.5) is 0 Å². The van der Waals surface area contributed by atoms with Gasteiger partial charge < -0.3 is 0 Å². The Bertz CT molecular complexity index is 295. The molecule has 0 fully saturated rings. The minimum atomic E-state index is -3.53. The topological polar surface area (TPSA) is 34.1 Å². The van der Waals surface area contributed by atoms with Gasteiger partial charge in [0.2, 0.25) is 0 Å². The van der Waals surface area contributed by atoms with Gasteiger partial charge in [-0.2, -0.15) is 0 Å². The summed E-state index contributed by atoms with van der Waals surface area (Å²) < 4.78 is 21.6. The third kappa shape index (κ3) is 5.49. The molecule has 0 aliphatic carbocycles. The van der Waals surface area contributed by atoms with Crippen LogP contribution in [0.15, 0.2) is 23.6 Å². The van der Waals surface area contributed by atoms with Crippen LogP contribution in [-0.4, -0.2) is 13.7 Å². The van der Waals surface area contributed by atoms with Crippen molar-refractivity contribution in [1.82, 2.24) is 0 Å². The lowest BCUT2D eigenvalue weighted by atomic mass is 10.1. The molecule has 0 N–H and O–H groups in total. The molecule has 0 bridgehead atoms. The lowest BCUT2D eigenvalue weighted by Gasteiger charge is -2.04. The molecule has 13 heavy (non-hydrogen) atoms. The highest BCUT2D eigenvalue weighted by atomic mass is 79.9. The fourth-order valence-electron chi connectivity index (χ4n) is 0.639. The molecular formula is C8H12BrClO2S. The van der Waals surface area contributed by atoms with E-state index in [2.05, 4.69) is 22.5 Å². The minimum Gasteiger partial charge on any atom is -0.207 e. The molecule has 0 aliphatic rings. The molecule has 0 heterocycles. The van der Waals surface area contributed by atoms with Crippen molar-refractivity contribution in [2.45, 2.75) is 13.3 Å². The van der Waals surface area contributed by atoms with E-state index in [1.165, 1.54) is 6.92 Å². The third-order valence-corrected chi connectivity index (χ3v) is 4.12. The van der Waals surface area contributed by atoms with Gasteiger partial charge in [0.1, 0.15) is 0 Å². The molecule has 0 aliphatic heterocycles. The van der Waals surface area contributed by atoms with Crippen LogP contribution in [0.25, 0.3) is 0 Å². The Kier molecular flexibility index (Phi) is 5.92. The summed E-state index contributed by atoms with van der Waals surface area (Å²) in [4.78, 5) is 0.196. The molecule has 0 aromatic heterocycles. The first kappa shape index (κ1) is 13.2. The number of rotatable bonds is 5. The van der Waals surface area contributed by atoms with Gasteiger partial charge in [0, 0.05) is 16.0 Å². The van der Waals surface area contributed by atoms with Crippen molar-refractivity contribution in [2.75, 3.05) is 5.33 Å². The van der Waals surface area contributed by atoms with E-state index in [0.717, 1.165) is 5.33 Å². The number of halogens is 2. The largest absolute Gasteiger partial charge is 0.256 e. The summed E-state index contributed by atoms with van der Waals surface area (Å²) in [5.41, 5.74) is 0. The summed E-state index contributed by atoms with van der Waals surface area (Å²) in [6.45, 7) is 5.11. The first-order valence-corrected chi connectivity index (χ1v) is 7.14. The normalized spacial score (nSPS) is 15.5. The van der Waals surface area contributed by atoms with Crippen LogP contribution in [0.1, 0.15) is 13.3 Å². The molecule has 5 heteroatoms. The predicted molar refractivity (Wildman–Crippen MR) is 60.6 cm³/mol. The van der Waals surface area contributed by atoms with E-state index < -0.39 is 9.05 Å². The van der Waals surface area contributed by atoms with E-state index in [4.69, 9.17) is 10.7 Å². The van der Waals surface area contributed by atoms with E-state index in [1.807, 2.05) is 0 Å². The van der Waals surface area contributed by atoms with Crippen LogP contribution in [-0.2, 0) is 9.05 Å². The zero-order chi connectivity index (χ0) is 10.5. The summed E-state index contributed by atoms with van der Waals surface area (Å²) in [5.74, 6) is 0.244. The molecule has 0 amide bonds. The van der Waals surface area contributed by atoms with Gasteiger partial charge in [-0.1, -0.05) is 28.1 Å². The fourth-order valence-corrected chi connectivity index (χ4v) is 1.65. The van der Waals surface area contributed by atoms with Gasteiger partial charge in [-0.15, -0.1) is 6.58 Å². The summed E-state index contributed by atoms with van der Waals surface area (Å²) in [6.07, 6.45) is 4.02. The van der Waals surface area contributed by atoms with Gasteiger partial charge in [-0.25, -0.2) is 8.42 Å². The Morgan fingerprint density at radius 1 is 1.69 bits per heavy atom. The summed E-state index contributed by atoms with van der Waals surface area (Å²) in [6, 6.07) is 0. The lowest BCUT2D eigenvalue weighted by molar-refractivity contribution is 0.614. The monoisotopic (exact) mass is 286 g/mol. The Hall–Kier alpha value is 0.200. The van der Waals surface area contributed by atoms with Crippen LogP contribution in [0.5, 0.6) is 0 Å². The Labute approximate surface area is 92.2 Å². The summed E-state index contributed by atoms with van der Waals surface area (Å²) in [7, 11) is 1.59. The fraction of sp³-hybridized carbons (Fsp3) is 0.500. The zero-order valence-corrected chi connectivity index (χ0v) is 10.5. The lowest BCUT2D eigenvalue weighted by Crippen LogP contribution is -1.97. The highest BCUT2D eigenvalue weighted by Gasteiger charge is 2.08. The summed E-state index contributed by atoms with van der Waals surface area (Å²) >= 11 is 3.29. The summed E-state index contributed by atoms with van der Waals surface area (Å²) in [5, 5.41) is 0.766. The van der Waals surface area contributed by atoms with Gasteiger partial charge in [0.25, 0.3) is 9.05 Å². The molecule has 0 rings (SSSR count). The molecule has 0 aromatic carbocycles. The first-order valence-electron chi connectivity index (χ1n) is 3.71.